The van der Waals surface area contributed by atoms with Crippen molar-refractivity contribution in [2.45, 2.75) is 6.92 Å². The molecule has 0 bridgehead atoms. The largest absolute Gasteiger partial charge is 0.338 e. The molecule has 17 heavy (non-hydrogen) atoms. The van der Waals surface area contributed by atoms with Gasteiger partial charge in [-0.25, -0.2) is 9.55 Å². The molecule has 0 aliphatic heterocycles. The summed E-state index contributed by atoms with van der Waals surface area (Å²) < 4.78 is 2.04. The maximum absolute atomic E-state index is 4.62. The van der Waals surface area contributed by atoms with Gasteiger partial charge in [0.1, 0.15) is 12.9 Å². The van der Waals surface area contributed by atoms with Crippen molar-refractivity contribution in [3.05, 3.63) is 48.3 Å². The zero-order chi connectivity index (χ0) is 11.8. The summed E-state index contributed by atoms with van der Waals surface area (Å²) in [5.74, 6) is 0.930. The molecule has 0 aliphatic carbocycles. The van der Waals surface area contributed by atoms with Crippen LogP contribution in [0.15, 0.2) is 42.7 Å². The van der Waals surface area contributed by atoms with Gasteiger partial charge in [0, 0.05) is 6.07 Å². The molecule has 2 heterocycles. The van der Waals surface area contributed by atoms with Crippen molar-refractivity contribution in [1.29, 1.82) is 0 Å². The lowest BCUT2D eigenvalue weighted by Crippen LogP contribution is -2.26. The fourth-order valence-corrected chi connectivity index (χ4v) is 2.00. The van der Waals surface area contributed by atoms with E-state index in [2.05, 4.69) is 29.2 Å². The molecule has 0 unspecified atom stereocenters. The van der Waals surface area contributed by atoms with Crippen LogP contribution in [0.25, 0.3) is 22.4 Å². The van der Waals surface area contributed by atoms with E-state index in [4.69, 9.17) is 0 Å². The van der Waals surface area contributed by atoms with Crippen LogP contribution in [0.1, 0.15) is 5.56 Å². The number of hydrogen-bond donors (Lipinski definition) is 1. The van der Waals surface area contributed by atoms with E-state index in [9.17, 15) is 0 Å². The van der Waals surface area contributed by atoms with Crippen LogP contribution in [0.3, 0.4) is 0 Å². The Kier molecular flexibility index (Phi) is 2.18. The Morgan fingerprint density at radius 2 is 2.00 bits per heavy atom. The standard InChI is InChI=1S/C14H14N3/c1-10-7-8-17(2)9-11(10)14-15-12-5-3-4-6-13(12)16-14/h3-9H,1-2H3,(H,15,16)/q+1. The van der Waals surface area contributed by atoms with E-state index in [-0.39, 0.29) is 0 Å². The van der Waals surface area contributed by atoms with Gasteiger partial charge in [-0.05, 0) is 24.6 Å². The second-order valence-electron chi connectivity index (χ2n) is 4.31. The van der Waals surface area contributed by atoms with Gasteiger partial charge in [0.05, 0.1) is 16.6 Å². The molecule has 3 aromatic rings. The molecule has 0 spiro atoms. The number of imidazole rings is 1. The summed E-state index contributed by atoms with van der Waals surface area (Å²) in [5.41, 5.74) is 4.45. The first-order valence-electron chi connectivity index (χ1n) is 5.65. The summed E-state index contributed by atoms with van der Waals surface area (Å²) in [4.78, 5) is 7.97. The number of para-hydroxylation sites is 2. The number of nitrogens with one attached hydrogen (secondary N) is 1. The second-order valence-corrected chi connectivity index (χ2v) is 4.31. The molecule has 3 rings (SSSR count). The third kappa shape index (κ3) is 1.69. The monoisotopic (exact) mass is 224 g/mol. The van der Waals surface area contributed by atoms with E-state index < -0.39 is 0 Å². The van der Waals surface area contributed by atoms with E-state index in [0.717, 1.165) is 22.4 Å². The zero-order valence-corrected chi connectivity index (χ0v) is 9.94. The molecule has 0 aliphatic rings. The first kappa shape index (κ1) is 10.0. The van der Waals surface area contributed by atoms with E-state index in [1.807, 2.05) is 42.1 Å². The lowest BCUT2D eigenvalue weighted by atomic mass is 10.1. The van der Waals surface area contributed by atoms with Gasteiger partial charge in [0.2, 0.25) is 0 Å². The van der Waals surface area contributed by atoms with Crippen LogP contribution in [0.2, 0.25) is 0 Å². The molecule has 2 aromatic heterocycles. The van der Waals surface area contributed by atoms with Crippen LogP contribution in [0, 0.1) is 6.92 Å². The molecule has 0 radical (unpaired) electrons. The van der Waals surface area contributed by atoms with Gasteiger partial charge in [-0.2, -0.15) is 0 Å². The van der Waals surface area contributed by atoms with Crippen LogP contribution in [0.5, 0.6) is 0 Å². The van der Waals surface area contributed by atoms with Gasteiger partial charge in [0.15, 0.2) is 12.4 Å². The number of hydrogen-bond acceptors (Lipinski definition) is 1. The number of pyridine rings is 1. The molecule has 0 fully saturated rings. The Labute approximate surface area is 99.8 Å². The third-order valence-electron chi connectivity index (χ3n) is 2.96. The minimum atomic E-state index is 0.930. The fourth-order valence-electron chi connectivity index (χ4n) is 2.00. The molecule has 0 amide bonds. The van der Waals surface area contributed by atoms with Crippen LogP contribution in [-0.2, 0) is 7.05 Å². The zero-order valence-electron chi connectivity index (χ0n) is 9.94. The second kappa shape index (κ2) is 3.70. The number of H-pyrrole nitrogens is 1. The first-order valence-corrected chi connectivity index (χ1v) is 5.65. The van der Waals surface area contributed by atoms with Crippen LogP contribution >= 0.6 is 0 Å². The van der Waals surface area contributed by atoms with Gasteiger partial charge in [-0.1, -0.05) is 12.1 Å². The van der Waals surface area contributed by atoms with E-state index in [0.29, 0.717) is 0 Å². The number of aryl methyl sites for hydroxylation is 2. The Bertz CT molecular complexity index is 650. The highest BCUT2D eigenvalue weighted by Gasteiger charge is 2.10. The maximum atomic E-state index is 4.62. The van der Waals surface area contributed by atoms with Crippen molar-refractivity contribution in [3.8, 4) is 11.4 Å². The van der Waals surface area contributed by atoms with Crippen molar-refractivity contribution in [2.24, 2.45) is 7.05 Å². The smallest absolute Gasteiger partial charge is 0.179 e. The highest BCUT2D eigenvalue weighted by molar-refractivity contribution is 5.79. The number of aromatic amines is 1. The fraction of sp³-hybridized carbons (Fsp3) is 0.143. The number of nitrogens with zero attached hydrogens (tertiary/aromatic N) is 2. The molecule has 0 saturated carbocycles. The van der Waals surface area contributed by atoms with Crippen LogP contribution < -0.4 is 4.57 Å². The SMILES string of the molecule is Cc1cc[n+](C)cc1-c1nc2ccccc2[nH]1. The van der Waals surface area contributed by atoms with Crippen molar-refractivity contribution in [1.82, 2.24) is 9.97 Å². The molecular formula is C14H14N3+. The minimum Gasteiger partial charge on any atom is -0.338 e. The van der Waals surface area contributed by atoms with Gasteiger partial charge < -0.3 is 4.98 Å². The van der Waals surface area contributed by atoms with Gasteiger partial charge in [0.25, 0.3) is 0 Å². The van der Waals surface area contributed by atoms with Crippen LogP contribution in [-0.4, -0.2) is 9.97 Å². The van der Waals surface area contributed by atoms with Crippen molar-refractivity contribution in [3.63, 3.8) is 0 Å². The lowest BCUT2D eigenvalue weighted by Gasteiger charge is -1.99. The summed E-state index contributed by atoms with van der Waals surface area (Å²) in [6.45, 7) is 2.10. The van der Waals surface area contributed by atoms with E-state index in [1.54, 1.807) is 0 Å². The molecule has 0 atom stereocenters. The van der Waals surface area contributed by atoms with Crippen molar-refractivity contribution in [2.75, 3.05) is 0 Å². The Morgan fingerprint density at radius 3 is 2.82 bits per heavy atom. The normalized spacial score (nSPS) is 10.9. The molecule has 1 aromatic carbocycles. The number of aromatic nitrogens is 3. The Balaban J connectivity index is 2.23. The van der Waals surface area contributed by atoms with Crippen LogP contribution in [0.4, 0.5) is 0 Å². The summed E-state index contributed by atoms with van der Waals surface area (Å²) in [6.07, 6.45) is 4.13. The van der Waals surface area contributed by atoms with E-state index in [1.165, 1.54) is 5.56 Å². The average molecular weight is 224 g/mol. The molecule has 3 heteroatoms. The summed E-state index contributed by atoms with van der Waals surface area (Å²) in [7, 11) is 2.02. The average Bonchev–Trinajstić information content (AvgIpc) is 2.75. The highest BCUT2D eigenvalue weighted by Crippen LogP contribution is 2.21. The molecule has 1 N–H and O–H groups in total. The number of benzene rings is 1. The first-order chi connectivity index (χ1) is 8.24. The summed E-state index contributed by atoms with van der Waals surface area (Å²) in [6, 6.07) is 10.2. The summed E-state index contributed by atoms with van der Waals surface area (Å²) in [5, 5.41) is 0. The van der Waals surface area contributed by atoms with Crippen molar-refractivity contribution < 1.29 is 4.57 Å². The Hall–Kier alpha value is -2.16. The lowest BCUT2D eigenvalue weighted by molar-refractivity contribution is -0.671. The molecule has 0 saturated heterocycles. The predicted octanol–water partition coefficient (Wildman–Crippen LogP) is 2.36. The number of rotatable bonds is 1. The quantitative estimate of drug-likeness (QED) is 0.632. The molecule has 84 valence electrons. The van der Waals surface area contributed by atoms with E-state index >= 15 is 0 Å². The third-order valence-corrected chi connectivity index (χ3v) is 2.96. The topological polar surface area (TPSA) is 32.6 Å². The number of fused-ring (bicyclic) bond motifs is 1. The molecule has 3 nitrogen and oxygen atoms in total. The maximum Gasteiger partial charge on any atom is 0.179 e. The van der Waals surface area contributed by atoms with Gasteiger partial charge in [-0.15, -0.1) is 0 Å². The predicted molar refractivity (Wildman–Crippen MR) is 67.4 cm³/mol. The van der Waals surface area contributed by atoms with Gasteiger partial charge in [-0.3, -0.25) is 0 Å². The van der Waals surface area contributed by atoms with Crippen molar-refractivity contribution >= 4 is 11.0 Å². The summed E-state index contributed by atoms with van der Waals surface area (Å²) >= 11 is 0. The molecular weight excluding hydrogens is 210 g/mol. The minimum absolute atomic E-state index is 0.930. The van der Waals surface area contributed by atoms with Gasteiger partial charge >= 0.3 is 0 Å². The highest BCUT2D eigenvalue weighted by atomic mass is 14.9. The Morgan fingerprint density at radius 1 is 1.18 bits per heavy atom.